The smallest absolute Gasteiger partial charge is 0.342 e. The van der Waals surface area contributed by atoms with Gasteiger partial charge in [0.05, 0.1) is 24.0 Å². The molecule has 1 amide bonds. The maximum atomic E-state index is 12.6. The number of nitrogens with zero attached hydrogens (tertiary/aromatic N) is 3. The number of amides is 1. The van der Waals surface area contributed by atoms with Gasteiger partial charge in [0.25, 0.3) is 5.91 Å². The van der Waals surface area contributed by atoms with Crippen LogP contribution in [0.4, 0.5) is 0 Å². The van der Waals surface area contributed by atoms with E-state index in [1.807, 2.05) is 38.1 Å². The highest BCUT2D eigenvalue weighted by Gasteiger charge is 2.43. The fourth-order valence-electron chi connectivity index (χ4n) is 3.42. The lowest BCUT2D eigenvalue weighted by molar-refractivity contribution is -0.125. The van der Waals surface area contributed by atoms with Gasteiger partial charge in [-0.15, -0.1) is 0 Å². The van der Waals surface area contributed by atoms with Crippen molar-refractivity contribution in [3.63, 3.8) is 0 Å². The van der Waals surface area contributed by atoms with Crippen molar-refractivity contribution < 1.29 is 14.3 Å². The maximum Gasteiger partial charge on any atom is 0.342 e. The van der Waals surface area contributed by atoms with Crippen LogP contribution in [-0.4, -0.2) is 33.8 Å². The zero-order valence-electron chi connectivity index (χ0n) is 17.3. The highest BCUT2D eigenvalue weighted by atomic mass is 16.5. The summed E-state index contributed by atoms with van der Waals surface area (Å²) in [6.45, 7) is 7.41. The molecule has 0 aliphatic heterocycles. The third-order valence-corrected chi connectivity index (χ3v) is 5.40. The summed E-state index contributed by atoms with van der Waals surface area (Å²) in [4.78, 5) is 24.7. The second-order valence-corrected chi connectivity index (χ2v) is 7.90. The average molecular weight is 394 g/mol. The number of nitriles is 1. The van der Waals surface area contributed by atoms with E-state index in [0.717, 1.165) is 18.4 Å². The van der Waals surface area contributed by atoms with Crippen LogP contribution in [-0.2, 0) is 16.1 Å². The van der Waals surface area contributed by atoms with Gasteiger partial charge in [-0.25, -0.2) is 4.79 Å². The second kappa shape index (κ2) is 8.08. The Morgan fingerprint density at radius 3 is 2.52 bits per heavy atom. The van der Waals surface area contributed by atoms with Gasteiger partial charge in [-0.2, -0.15) is 10.4 Å². The molecular weight excluding hydrogens is 368 g/mol. The molecule has 152 valence electrons. The monoisotopic (exact) mass is 394 g/mol. The van der Waals surface area contributed by atoms with E-state index in [1.54, 1.807) is 18.5 Å². The van der Waals surface area contributed by atoms with Gasteiger partial charge in [-0.3, -0.25) is 9.48 Å². The maximum absolute atomic E-state index is 12.6. The third-order valence-electron chi connectivity index (χ3n) is 5.40. The van der Waals surface area contributed by atoms with Gasteiger partial charge in [-0.05, 0) is 52.0 Å². The van der Waals surface area contributed by atoms with Crippen molar-refractivity contribution in [2.75, 3.05) is 6.61 Å². The van der Waals surface area contributed by atoms with E-state index < -0.39 is 24.0 Å². The van der Waals surface area contributed by atoms with Gasteiger partial charge in [0.15, 0.2) is 6.61 Å². The van der Waals surface area contributed by atoms with E-state index >= 15 is 0 Å². The van der Waals surface area contributed by atoms with Crippen LogP contribution in [0.15, 0.2) is 24.3 Å². The van der Waals surface area contributed by atoms with Crippen molar-refractivity contribution in [3.05, 3.63) is 52.3 Å². The van der Waals surface area contributed by atoms with Crippen molar-refractivity contribution in [2.45, 2.75) is 52.6 Å². The molecule has 0 bridgehead atoms. The minimum Gasteiger partial charge on any atom is -0.452 e. The minimum atomic E-state index is -0.908. The summed E-state index contributed by atoms with van der Waals surface area (Å²) in [5.74, 6) is -0.899. The van der Waals surface area contributed by atoms with Crippen molar-refractivity contribution in [1.82, 2.24) is 15.1 Å². The van der Waals surface area contributed by atoms with E-state index in [4.69, 9.17) is 4.74 Å². The lowest BCUT2D eigenvalue weighted by Crippen LogP contribution is -2.48. The van der Waals surface area contributed by atoms with Gasteiger partial charge in [0.2, 0.25) is 0 Å². The number of nitrogens with one attached hydrogen (secondary N) is 1. The van der Waals surface area contributed by atoms with Crippen LogP contribution in [0.25, 0.3) is 0 Å². The molecule has 3 rings (SSSR count). The molecule has 1 heterocycles. The molecular formula is C22H26N4O3. The molecule has 1 atom stereocenters. The van der Waals surface area contributed by atoms with E-state index in [0.29, 0.717) is 23.5 Å². The molecule has 1 fully saturated rings. The van der Waals surface area contributed by atoms with Crippen LogP contribution < -0.4 is 5.32 Å². The number of hydrogen-bond acceptors (Lipinski definition) is 5. The Balaban J connectivity index is 1.63. The number of esters is 1. The molecule has 1 aromatic carbocycles. The van der Waals surface area contributed by atoms with Gasteiger partial charge in [-0.1, -0.05) is 29.8 Å². The number of rotatable bonds is 7. The molecule has 7 heteroatoms. The highest BCUT2D eigenvalue weighted by molar-refractivity contribution is 5.93. The zero-order valence-corrected chi connectivity index (χ0v) is 17.3. The average Bonchev–Trinajstić information content (AvgIpc) is 3.49. The van der Waals surface area contributed by atoms with Crippen molar-refractivity contribution in [2.24, 2.45) is 5.92 Å². The van der Waals surface area contributed by atoms with E-state index in [9.17, 15) is 14.9 Å². The van der Waals surface area contributed by atoms with Gasteiger partial charge >= 0.3 is 5.97 Å². The molecule has 0 saturated heterocycles. The normalized spacial score (nSPS) is 15.3. The van der Waals surface area contributed by atoms with Crippen LogP contribution in [0.2, 0.25) is 0 Å². The van der Waals surface area contributed by atoms with Gasteiger partial charge in [0, 0.05) is 0 Å². The molecule has 1 aliphatic rings. The molecule has 1 saturated carbocycles. The van der Waals surface area contributed by atoms with Crippen molar-refractivity contribution in [1.29, 1.82) is 5.26 Å². The Morgan fingerprint density at radius 2 is 1.93 bits per heavy atom. The first-order chi connectivity index (χ1) is 13.7. The largest absolute Gasteiger partial charge is 0.452 e. The van der Waals surface area contributed by atoms with Crippen molar-refractivity contribution in [3.8, 4) is 6.07 Å². The van der Waals surface area contributed by atoms with Crippen LogP contribution >= 0.6 is 0 Å². The van der Waals surface area contributed by atoms with E-state index in [1.165, 1.54) is 5.56 Å². The van der Waals surface area contributed by atoms with Crippen LogP contribution in [0.1, 0.15) is 52.6 Å². The van der Waals surface area contributed by atoms with Crippen LogP contribution in [0.3, 0.4) is 0 Å². The Bertz CT molecular complexity index is 967. The Kier molecular flexibility index (Phi) is 5.73. The molecule has 0 unspecified atom stereocenters. The molecule has 29 heavy (non-hydrogen) atoms. The summed E-state index contributed by atoms with van der Waals surface area (Å²) in [6.07, 6.45) is 1.84. The molecule has 1 aromatic heterocycles. The Hall–Kier alpha value is -3.14. The number of hydrogen-bond donors (Lipinski definition) is 1. The van der Waals surface area contributed by atoms with Gasteiger partial charge < -0.3 is 10.1 Å². The SMILES string of the molecule is Cc1ccc(Cn2nc(C)c(C(=O)OCC(=O)N[C@](C)(C#N)C3CC3)c2C)cc1. The minimum absolute atomic E-state index is 0.164. The Labute approximate surface area is 170 Å². The summed E-state index contributed by atoms with van der Waals surface area (Å²) in [6, 6.07) is 10.3. The number of aryl methyl sites for hydroxylation is 2. The Morgan fingerprint density at radius 1 is 1.28 bits per heavy atom. The number of carbonyl (C=O) groups excluding carboxylic acids is 2. The summed E-state index contributed by atoms with van der Waals surface area (Å²) in [5, 5.41) is 16.5. The number of benzene rings is 1. The lowest BCUT2D eigenvalue weighted by Gasteiger charge is -2.22. The fourth-order valence-corrected chi connectivity index (χ4v) is 3.42. The molecule has 0 spiro atoms. The van der Waals surface area contributed by atoms with E-state index in [-0.39, 0.29) is 5.92 Å². The molecule has 7 nitrogen and oxygen atoms in total. The first kappa shape index (κ1) is 20.6. The molecule has 0 radical (unpaired) electrons. The predicted molar refractivity (Wildman–Crippen MR) is 107 cm³/mol. The quantitative estimate of drug-likeness (QED) is 0.729. The van der Waals surface area contributed by atoms with E-state index in [2.05, 4.69) is 16.5 Å². The topological polar surface area (TPSA) is 97.0 Å². The first-order valence-corrected chi connectivity index (χ1v) is 9.72. The standard InChI is InChI=1S/C22H26N4O3/c1-14-5-7-17(8-6-14)11-26-16(3)20(15(2)25-26)21(28)29-12-19(27)24-22(4,13-23)18-9-10-18/h5-8,18H,9-12H2,1-4H3,(H,24,27)/t22-/m1/s1. The summed E-state index contributed by atoms with van der Waals surface area (Å²) >= 11 is 0. The lowest BCUT2D eigenvalue weighted by atomic mass is 9.98. The summed E-state index contributed by atoms with van der Waals surface area (Å²) in [5.41, 5.74) is 2.97. The number of aromatic nitrogens is 2. The summed E-state index contributed by atoms with van der Waals surface area (Å²) < 4.78 is 6.97. The summed E-state index contributed by atoms with van der Waals surface area (Å²) in [7, 11) is 0. The van der Waals surface area contributed by atoms with Crippen molar-refractivity contribution >= 4 is 11.9 Å². The van der Waals surface area contributed by atoms with Crippen LogP contribution in [0, 0.1) is 38.0 Å². The fraction of sp³-hybridized carbons (Fsp3) is 0.455. The molecule has 2 aromatic rings. The highest BCUT2D eigenvalue weighted by Crippen LogP contribution is 2.39. The number of carbonyl (C=O) groups is 2. The second-order valence-electron chi connectivity index (χ2n) is 7.90. The molecule has 1 N–H and O–H groups in total. The predicted octanol–water partition coefficient (Wildman–Crippen LogP) is 2.82. The number of ether oxygens (including phenoxy) is 1. The van der Waals surface area contributed by atoms with Gasteiger partial charge in [0.1, 0.15) is 11.1 Å². The first-order valence-electron chi connectivity index (χ1n) is 9.72. The third kappa shape index (κ3) is 4.65. The zero-order chi connectivity index (χ0) is 21.2. The van der Waals surface area contributed by atoms with Crippen LogP contribution in [0.5, 0.6) is 0 Å². The molecule has 1 aliphatic carbocycles.